The van der Waals surface area contributed by atoms with E-state index >= 15 is 0 Å². The van der Waals surface area contributed by atoms with Gasteiger partial charge in [0.05, 0.1) is 33.1 Å². The molecule has 29 heavy (non-hydrogen) atoms. The number of rotatable bonds is 3. The maximum absolute atomic E-state index is 10.0. The van der Waals surface area contributed by atoms with Crippen molar-refractivity contribution < 1.29 is 5.11 Å². The smallest absolute Gasteiger partial charge is 0.153 e. The van der Waals surface area contributed by atoms with Crippen LogP contribution in [0.3, 0.4) is 0 Å². The Labute approximate surface area is 187 Å². The van der Waals surface area contributed by atoms with Gasteiger partial charge in [0.1, 0.15) is 5.69 Å². The molecule has 1 aromatic carbocycles. The number of aliphatic hydroxyl groups excluding tert-OH is 1. The molecule has 156 valence electrons. The largest absolute Gasteiger partial charge is 0.390 e. The third-order valence-corrected chi connectivity index (χ3v) is 8.27. The number of anilines is 1. The average Bonchev–Trinajstić information content (AvgIpc) is 3.07. The van der Waals surface area contributed by atoms with Crippen molar-refractivity contribution in [3.63, 3.8) is 0 Å². The van der Waals surface area contributed by atoms with Gasteiger partial charge in [0.15, 0.2) is 5.82 Å². The van der Waals surface area contributed by atoms with E-state index in [-0.39, 0.29) is 6.61 Å². The predicted molar refractivity (Wildman–Crippen MR) is 120 cm³/mol. The number of benzene rings is 1. The molecule has 2 heterocycles. The van der Waals surface area contributed by atoms with Crippen LogP contribution >= 0.6 is 34.8 Å². The Bertz CT molecular complexity index is 926. The van der Waals surface area contributed by atoms with Crippen molar-refractivity contribution in [2.75, 3.05) is 18.0 Å². The zero-order valence-electron chi connectivity index (χ0n) is 16.8. The number of hydrogen-bond acceptors (Lipinski definition) is 4. The first kappa shape index (κ1) is 21.2. The lowest BCUT2D eigenvalue weighted by atomic mass is 9.71. The molecular formula is C22H26Cl3N3O. The summed E-state index contributed by atoms with van der Waals surface area (Å²) in [6, 6.07) is 3.49. The zero-order valence-corrected chi connectivity index (χ0v) is 19.1. The molecule has 1 N–H and O–H groups in total. The minimum absolute atomic E-state index is 0.174. The molecule has 1 aliphatic heterocycles. The van der Waals surface area contributed by atoms with Gasteiger partial charge in [-0.05, 0) is 49.7 Å². The molecule has 7 heteroatoms. The second kappa shape index (κ2) is 8.22. The number of nitrogens with zero attached hydrogens (tertiary/aromatic N) is 3. The summed E-state index contributed by atoms with van der Waals surface area (Å²) >= 11 is 18.7. The molecule has 2 aromatic rings. The van der Waals surface area contributed by atoms with Gasteiger partial charge in [-0.25, -0.2) is 9.97 Å². The summed E-state index contributed by atoms with van der Waals surface area (Å²) in [6.07, 6.45) is 6.40. The summed E-state index contributed by atoms with van der Waals surface area (Å²) < 4.78 is 0. The van der Waals surface area contributed by atoms with Crippen LogP contribution in [0.1, 0.15) is 50.4 Å². The van der Waals surface area contributed by atoms with Crippen molar-refractivity contribution in [1.82, 2.24) is 9.97 Å². The maximum atomic E-state index is 10.0. The highest BCUT2D eigenvalue weighted by atomic mass is 35.5. The van der Waals surface area contributed by atoms with Crippen molar-refractivity contribution in [3.05, 3.63) is 38.6 Å². The third-order valence-electron chi connectivity index (χ3n) is 6.98. The highest BCUT2D eigenvalue weighted by Gasteiger charge is 2.42. The molecule has 1 saturated heterocycles. The van der Waals surface area contributed by atoms with Crippen LogP contribution in [0, 0.1) is 18.3 Å². The summed E-state index contributed by atoms with van der Waals surface area (Å²) in [5.74, 6) is 1.58. The molecule has 0 radical (unpaired) electrons. The number of halogens is 3. The molecule has 1 atom stereocenters. The van der Waals surface area contributed by atoms with Crippen LogP contribution in [0.25, 0.3) is 11.3 Å². The standard InChI is InChI=1S/C22H26Cl3N3O/c1-13-4-3-7-22(13)8-10-28(11-9-22)21-17(12-29)27-20(14(2)26-21)15-5-6-16(23)19(25)18(15)24/h5-6,13,29H,3-4,7-12H2,1-2H3/t13-/m1/s1. The van der Waals surface area contributed by atoms with E-state index in [0.717, 1.165) is 30.5 Å². The van der Waals surface area contributed by atoms with Gasteiger partial charge in [0, 0.05) is 18.7 Å². The number of hydrogen-bond donors (Lipinski definition) is 1. The Kier molecular flexibility index (Phi) is 6.00. The highest BCUT2D eigenvalue weighted by molar-refractivity contribution is 6.49. The molecule has 2 fully saturated rings. The van der Waals surface area contributed by atoms with Crippen LogP contribution < -0.4 is 4.90 Å². The molecule has 4 nitrogen and oxygen atoms in total. The van der Waals surface area contributed by atoms with Gasteiger partial charge in [0.2, 0.25) is 0 Å². The van der Waals surface area contributed by atoms with E-state index in [1.807, 2.05) is 6.92 Å². The molecule has 0 bridgehead atoms. The fourth-order valence-corrected chi connectivity index (χ4v) is 5.71. The molecular weight excluding hydrogens is 429 g/mol. The summed E-state index contributed by atoms with van der Waals surface area (Å²) in [6.45, 7) is 6.06. The molecule has 0 amide bonds. The van der Waals surface area contributed by atoms with Crippen LogP contribution in [0.15, 0.2) is 12.1 Å². The first-order chi connectivity index (χ1) is 13.9. The molecule has 1 aliphatic carbocycles. The average molecular weight is 455 g/mol. The lowest BCUT2D eigenvalue weighted by Gasteiger charge is -2.43. The van der Waals surface area contributed by atoms with E-state index < -0.39 is 0 Å². The van der Waals surface area contributed by atoms with E-state index in [0.29, 0.717) is 37.4 Å². The molecule has 4 rings (SSSR count). The molecule has 1 saturated carbocycles. The van der Waals surface area contributed by atoms with Gasteiger partial charge in [-0.3, -0.25) is 0 Å². The number of piperidine rings is 1. The van der Waals surface area contributed by atoms with Crippen LogP contribution in [0.5, 0.6) is 0 Å². The van der Waals surface area contributed by atoms with Crippen molar-refractivity contribution >= 4 is 40.6 Å². The topological polar surface area (TPSA) is 49.2 Å². The van der Waals surface area contributed by atoms with E-state index in [9.17, 15) is 5.11 Å². The monoisotopic (exact) mass is 453 g/mol. The fraction of sp³-hybridized carbons (Fsp3) is 0.545. The van der Waals surface area contributed by atoms with E-state index in [1.165, 1.54) is 32.1 Å². The van der Waals surface area contributed by atoms with Crippen molar-refractivity contribution in [3.8, 4) is 11.3 Å². The summed E-state index contributed by atoms with van der Waals surface area (Å²) in [5.41, 5.74) is 3.12. The van der Waals surface area contributed by atoms with Crippen molar-refractivity contribution in [2.24, 2.45) is 11.3 Å². The third kappa shape index (κ3) is 3.74. The Morgan fingerprint density at radius 1 is 1.10 bits per heavy atom. The van der Waals surface area contributed by atoms with Crippen LogP contribution in [0.2, 0.25) is 15.1 Å². The number of aromatic nitrogens is 2. The first-order valence-corrected chi connectivity index (χ1v) is 11.4. The summed E-state index contributed by atoms with van der Waals surface area (Å²) in [5, 5.41) is 11.1. The molecule has 1 spiro atoms. The SMILES string of the molecule is Cc1nc(N2CCC3(CCC[C@H]3C)CC2)c(CO)nc1-c1ccc(Cl)c(Cl)c1Cl. The fourth-order valence-electron chi connectivity index (χ4n) is 5.08. The second-order valence-electron chi connectivity index (χ2n) is 8.45. The quantitative estimate of drug-likeness (QED) is 0.552. The highest BCUT2D eigenvalue weighted by Crippen LogP contribution is 2.50. The van der Waals surface area contributed by atoms with Gasteiger partial charge in [-0.2, -0.15) is 0 Å². The lowest BCUT2D eigenvalue weighted by molar-refractivity contribution is 0.161. The summed E-state index contributed by atoms with van der Waals surface area (Å²) in [4.78, 5) is 11.9. The van der Waals surface area contributed by atoms with Gasteiger partial charge in [-0.1, -0.05) is 54.6 Å². The molecule has 2 aliphatic rings. The minimum atomic E-state index is -0.174. The molecule has 0 unspecified atom stereocenters. The Balaban J connectivity index is 1.65. The Hall–Kier alpha value is -1.07. The predicted octanol–water partition coefficient (Wildman–Crippen LogP) is 6.31. The van der Waals surface area contributed by atoms with Crippen LogP contribution in [0.4, 0.5) is 5.82 Å². The Morgan fingerprint density at radius 3 is 2.45 bits per heavy atom. The van der Waals surface area contributed by atoms with Gasteiger partial charge >= 0.3 is 0 Å². The van der Waals surface area contributed by atoms with Crippen LogP contribution in [-0.4, -0.2) is 28.2 Å². The zero-order chi connectivity index (χ0) is 20.8. The number of aliphatic hydroxyl groups is 1. The Morgan fingerprint density at radius 2 is 1.83 bits per heavy atom. The van der Waals surface area contributed by atoms with Gasteiger partial charge < -0.3 is 10.0 Å². The first-order valence-electron chi connectivity index (χ1n) is 10.2. The maximum Gasteiger partial charge on any atom is 0.153 e. The summed E-state index contributed by atoms with van der Waals surface area (Å²) in [7, 11) is 0. The number of aryl methyl sites for hydroxylation is 1. The minimum Gasteiger partial charge on any atom is -0.390 e. The van der Waals surface area contributed by atoms with E-state index in [2.05, 4.69) is 11.8 Å². The van der Waals surface area contributed by atoms with Gasteiger partial charge in [-0.15, -0.1) is 0 Å². The normalized spacial score (nSPS) is 21.2. The lowest BCUT2D eigenvalue weighted by Crippen LogP contribution is -2.42. The van der Waals surface area contributed by atoms with Crippen LogP contribution in [-0.2, 0) is 6.61 Å². The van der Waals surface area contributed by atoms with Crippen molar-refractivity contribution in [1.29, 1.82) is 0 Å². The van der Waals surface area contributed by atoms with E-state index in [4.69, 9.17) is 44.8 Å². The van der Waals surface area contributed by atoms with Gasteiger partial charge in [0.25, 0.3) is 0 Å². The van der Waals surface area contributed by atoms with Crippen molar-refractivity contribution in [2.45, 2.75) is 52.6 Å². The second-order valence-corrected chi connectivity index (χ2v) is 9.61. The van der Waals surface area contributed by atoms with E-state index in [1.54, 1.807) is 12.1 Å². The molecule has 1 aromatic heterocycles.